The number of carboxylic acid groups (broad SMARTS) is 1. The van der Waals surface area contributed by atoms with Crippen LogP contribution in [0.1, 0.15) is 28.7 Å². The molecule has 28 heavy (non-hydrogen) atoms. The van der Waals surface area contributed by atoms with Gasteiger partial charge in [0.15, 0.2) is 11.5 Å². The molecule has 2 N–H and O–H groups in total. The molecule has 2 aromatic rings. The van der Waals surface area contributed by atoms with E-state index in [9.17, 15) is 20.3 Å². The summed E-state index contributed by atoms with van der Waals surface area (Å²) in [5.74, 6) is -2.90. The van der Waals surface area contributed by atoms with Crippen molar-refractivity contribution in [2.75, 3.05) is 21.3 Å². The summed E-state index contributed by atoms with van der Waals surface area (Å²) in [6.45, 7) is 0. The van der Waals surface area contributed by atoms with E-state index in [-0.39, 0.29) is 0 Å². The van der Waals surface area contributed by atoms with Gasteiger partial charge in [0, 0.05) is 5.92 Å². The first kappa shape index (κ1) is 19.5. The van der Waals surface area contributed by atoms with E-state index in [2.05, 4.69) is 0 Å². The van der Waals surface area contributed by atoms with Crippen molar-refractivity contribution in [1.29, 1.82) is 5.26 Å². The lowest BCUT2D eigenvalue weighted by Gasteiger charge is -2.37. The lowest BCUT2D eigenvalue weighted by molar-refractivity contribution is -0.145. The van der Waals surface area contributed by atoms with E-state index >= 15 is 0 Å². The van der Waals surface area contributed by atoms with Crippen molar-refractivity contribution in [3.63, 3.8) is 0 Å². The number of hydrogen-bond acceptors (Lipinski definition) is 6. The number of hydrogen-bond donors (Lipinski definition) is 2. The van der Waals surface area contributed by atoms with Crippen LogP contribution in [-0.2, 0) is 4.79 Å². The van der Waals surface area contributed by atoms with E-state index in [4.69, 9.17) is 14.2 Å². The Labute approximate surface area is 162 Å². The molecule has 0 fully saturated rings. The molecule has 7 heteroatoms. The number of methoxy groups -OCH3 is 3. The summed E-state index contributed by atoms with van der Waals surface area (Å²) in [6, 6.07) is 12.4. The van der Waals surface area contributed by atoms with Gasteiger partial charge in [0.2, 0.25) is 5.75 Å². The fraction of sp³-hybridized carbons (Fsp3) is 0.333. The van der Waals surface area contributed by atoms with Crippen LogP contribution in [0, 0.1) is 23.2 Å². The highest BCUT2D eigenvalue weighted by molar-refractivity contribution is 5.75. The zero-order valence-corrected chi connectivity index (χ0v) is 15.7. The summed E-state index contributed by atoms with van der Waals surface area (Å²) in [4.78, 5) is 12.1. The molecule has 0 amide bonds. The number of nitrogens with zero attached hydrogens (tertiary/aromatic N) is 1. The highest BCUT2D eigenvalue weighted by Gasteiger charge is 2.47. The average Bonchev–Trinajstić information content (AvgIpc) is 2.72. The Morgan fingerprint density at radius 1 is 1.04 bits per heavy atom. The van der Waals surface area contributed by atoms with Crippen LogP contribution in [0.3, 0.4) is 0 Å². The topological polar surface area (TPSA) is 109 Å². The van der Waals surface area contributed by atoms with Gasteiger partial charge in [-0.15, -0.1) is 0 Å². The second kappa shape index (κ2) is 7.79. The summed E-state index contributed by atoms with van der Waals surface area (Å²) in [5, 5.41) is 30.2. The molecule has 7 nitrogen and oxygen atoms in total. The summed E-state index contributed by atoms with van der Waals surface area (Å²) >= 11 is 0. The van der Waals surface area contributed by atoms with Gasteiger partial charge in [-0.3, -0.25) is 4.79 Å². The van der Waals surface area contributed by atoms with Crippen molar-refractivity contribution in [3.05, 3.63) is 53.1 Å². The monoisotopic (exact) mass is 383 g/mol. The number of aliphatic hydroxyl groups is 1. The maximum atomic E-state index is 12.1. The largest absolute Gasteiger partial charge is 0.493 e. The van der Waals surface area contributed by atoms with Gasteiger partial charge in [-0.05, 0) is 28.8 Å². The summed E-state index contributed by atoms with van der Waals surface area (Å²) in [6.07, 6.45) is -1.18. The fourth-order valence-corrected chi connectivity index (χ4v) is 3.97. The van der Waals surface area contributed by atoms with Gasteiger partial charge in [-0.1, -0.05) is 24.3 Å². The highest BCUT2D eigenvalue weighted by Crippen LogP contribution is 2.50. The Hall–Kier alpha value is -3.24. The summed E-state index contributed by atoms with van der Waals surface area (Å²) in [5.41, 5.74) is 1.80. The van der Waals surface area contributed by atoms with Crippen LogP contribution in [0.5, 0.6) is 17.2 Å². The lowest BCUT2D eigenvalue weighted by Crippen LogP contribution is -2.38. The number of ether oxygens (including phenoxy) is 3. The van der Waals surface area contributed by atoms with E-state index in [1.807, 2.05) is 6.07 Å². The molecule has 4 atom stereocenters. The first-order chi connectivity index (χ1) is 13.5. The highest BCUT2D eigenvalue weighted by atomic mass is 16.5. The molecule has 0 saturated heterocycles. The van der Waals surface area contributed by atoms with Gasteiger partial charge in [0.25, 0.3) is 0 Å². The minimum Gasteiger partial charge on any atom is -0.493 e. The number of rotatable bonds is 5. The maximum Gasteiger partial charge on any atom is 0.308 e. The first-order valence-electron chi connectivity index (χ1n) is 8.67. The molecular formula is C21H21NO6. The smallest absolute Gasteiger partial charge is 0.308 e. The SMILES string of the molecule is COc1cc([C@H]2c3ccccc3[C@H](O)[C@H](C#N)[C@H]2C(=O)O)cc(OC)c1OC. The third-order valence-corrected chi connectivity index (χ3v) is 5.22. The van der Waals surface area contributed by atoms with E-state index < -0.39 is 29.8 Å². The van der Waals surface area contributed by atoms with Crippen molar-refractivity contribution in [3.8, 4) is 23.3 Å². The Kier molecular flexibility index (Phi) is 5.43. The fourth-order valence-electron chi connectivity index (χ4n) is 3.97. The van der Waals surface area contributed by atoms with Crippen LogP contribution < -0.4 is 14.2 Å². The van der Waals surface area contributed by atoms with Crippen molar-refractivity contribution < 1.29 is 29.2 Å². The van der Waals surface area contributed by atoms with Crippen molar-refractivity contribution in [2.24, 2.45) is 11.8 Å². The van der Waals surface area contributed by atoms with Gasteiger partial charge >= 0.3 is 5.97 Å². The van der Waals surface area contributed by atoms with Crippen molar-refractivity contribution in [2.45, 2.75) is 12.0 Å². The second-order valence-electron chi connectivity index (χ2n) is 6.53. The van der Waals surface area contributed by atoms with Gasteiger partial charge < -0.3 is 24.4 Å². The van der Waals surface area contributed by atoms with Crippen molar-refractivity contribution in [1.82, 2.24) is 0 Å². The Balaban J connectivity index is 2.30. The predicted octanol–water partition coefficient (Wildman–Crippen LogP) is 2.73. The van der Waals surface area contributed by atoms with Crippen LogP contribution in [0.4, 0.5) is 0 Å². The van der Waals surface area contributed by atoms with E-state index in [0.717, 1.165) is 0 Å². The molecule has 0 radical (unpaired) electrons. The molecule has 3 rings (SSSR count). The molecule has 0 heterocycles. The molecule has 1 aliphatic rings. The minimum atomic E-state index is -1.18. The third-order valence-electron chi connectivity index (χ3n) is 5.22. The van der Waals surface area contributed by atoms with Crippen LogP contribution in [0.15, 0.2) is 36.4 Å². The zero-order chi connectivity index (χ0) is 20.4. The molecular weight excluding hydrogens is 362 g/mol. The lowest BCUT2D eigenvalue weighted by atomic mass is 9.65. The summed E-state index contributed by atoms with van der Waals surface area (Å²) < 4.78 is 16.1. The zero-order valence-electron chi connectivity index (χ0n) is 15.7. The molecule has 2 aromatic carbocycles. The number of benzene rings is 2. The molecule has 0 aromatic heterocycles. The molecule has 0 aliphatic heterocycles. The van der Waals surface area contributed by atoms with Gasteiger partial charge in [0.05, 0.1) is 45.3 Å². The number of fused-ring (bicyclic) bond motifs is 1. The number of carbonyl (C=O) groups is 1. The molecule has 0 spiro atoms. The van der Waals surface area contributed by atoms with Crippen LogP contribution >= 0.6 is 0 Å². The van der Waals surface area contributed by atoms with Crippen LogP contribution in [0.25, 0.3) is 0 Å². The standard InChI is InChI=1S/C21H21NO6/c1-26-15-8-11(9-16(27-2)20(15)28-3)17-12-6-4-5-7-13(12)19(23)14(10-22)18(17)21(24)25/h4-9,14,17-19,23H,1-3H3,(H,24,25)/t14-,17+,18-,19+/m1/s1. The van der Waals surface area contributed by atoms with Gasteiger partial charge in [-0.25, -0.2) is 0 Å². The number of aliphatic carboxylic acids is 1. The van der Waals surface area contributed by atoms with E-state index in [1.54, 1.807) is 36.4 Å². The Bertz CT molecular complexity index is 910. The minimum absolute atomic E-state index is 0.387. The van der Waals surface area contributed by atoms with Gasteiger partial charge in [0.1, 0.15) is 0 Å². The molecule has 0 bridgehead atoms. The first-order valence-corrected chi connectivity index (χ1v) is 8.67. The second-order valence-corrected chi connectivity index (χ2v) is 6.53. The van der Waals surface area contributed by atoms with Gasteiger partial charge in [-0.2, -0.15) is 5.26 Å². The summed E-state index contributed by atoms with van der Waals surface area (Å²) in [7, 11) is 4.44. The maximum absolute atomic E-state index is 12.1. The van der Waals surface area contributed by atoms with Crippen LogP contribution in [-0.4, -0.2) is 37.5 Å². The molecule has 0 saturated carbocycles. The number of aliphatic hydroxyl groups excluding tert-OH is 1. The molecule has 1 aliphatic carbocycles. The normalized spacial score (nSPS) is 23.2. The van der Waals surface area contributed by atoms with Crippen LogP contribution in [0.2, 0.25) is 0 Å². The number of nitriles is 1. The Morgan fingerprint density at radius 2 is 1.61 bits per heavy atom. The third kappa shape index (κ3) is 3.02. The van der Waals surface area contributed by atoms with E-state index in [0.29, 0.717) is 33.9 Å². The van der Waals surface area contributed by atoms with E-state index in [1.165, 1.54) is 21.3 Å². The number of carboxylic acids is 1. The predicted molar refractivity (Wildman–Crippen MR) is 99.6 cm³/mol. The van der Waals surface area contributed by atoms with Crippen molar-refractivity contribution >= 4 is 5.97 Å². The quantitative estimate of drug-likeness (QED) is 0.817. The average molecular weight is 383 g/mol. The Morgan fingerprint density at radius 3 is 2.07 bits per heavy atom. The molecule has 0 unspecified atom stereocenters. The molecule has 146 valence electrons.